The third-order valence-corrected chi connectivity index (χ3v) is 6.61. The number of amides is 1. The predicted octanol–water partition coefficient (Wildman–Crippen LogP) is 5.26. The van der Waals surface area contributed by atoms with Gasteiger partial charge < -0.3 is 19.5 Å². The van der Waals surface area contributed by atoms with Crippen LogP contribution in [-0.2, 0) is 10.3 Å². The lowest BCUT2D eigenvalue weighted by Crippen LogP contribution is -2.43. The van der Waals surface area contributed by atoms with Crippen LogP contribution in [0.3, 0.4) is 0 Å². The fourth-order valence-corrected chi connectivity index (χ4v) is 4.47. The summed E-state index contributed by atoms with van der Waals surface area (Å²) in [5.41, 5.74) is 0.962. The molecule has 11 nitrogen and oxygen atoms in total. The number of pyridine rings is 2. The zero-order chi connectivity index (χ0) is 30.7. The van der Waals surface area contributed by atoms with Gasteiger partial charge in [-0.15, -0.1) is 0 Å². The summed E-state index contributed by atoms with van der Waals surface area (Å²) in [5.74, 6) is -0.0753. The van der Waals surface area contributed by atoms with Crippen LogP contribution in [0.25, 0.3) is 16.8 Å². The molecule has 0 spiro atoms. The van der Waals surface area contributed by atoms with Crippen LogP contribution in [0.5, 0.6) is 5.75 Å². The first-order valence-electron chi connectivity index (χ1n) is 13.4. The number of aromatic nitrogens is 6. The molecule has 0 radical (unpaired) electrons. The second-order valence-corrected chi connectivity index (χ2v) is 11.6. The van der Waals surface area contributed by atoms with Crippen LogP contribution in [0.4, 0.5) is 13.6 Å². The van der Waals surface area contributed by atoms with Crippen molar-refractivity contribution in [2.24, 2.45) is 0 Å². The lowest BCUT2D eigenvalue weighted by atomic mass is 10.0. The molecule has 1 aliphatic heterocycles. The maximum atomic E-state index is 13.1. The molecule has 1 aliphatic rings. The minimum Gasteiger partial charge on any atom is -0.488 e. The van der Waals surface area contributed by atoms with Crippen molar-refractivity contribution in [3.63, 3.8) is 0 Å². The molecule has 5 rings (SSSR count). The largest absolute Gasteiger partial charge is 0.488 e. The topological polar surface area (TPSA) is 131 Å². The monoisotopic (exact) mass is 605 g/mol. The molecule has 0 aromatic carbocycles. The number of nitrogens with one attached hydrogen (secondary N) is 1. The third-order valence-electron chi connectivity index (χ3n) is 6.33. The van der Waals surface area contributed by atoms with Crippen molar-refractivity contribution in [2.75, 3.05) is 19.7 Å². The molecule has 5 heterocycles. The molecule has 0 saturated carbocycles. The molecule has 0 aliphatic carbocycles. The number of carbonyl (C=O) groups is 1. The molecule has 4 aromatic heterocycles. The van der Waals surface area contributed by atoms with E-state index >= 15 is 0 Å². The maximum absolute atomic E-state index is 13.1. The summed E-state index contributed by atoms with van der Waals surface area (Å²) < 4.78 is 38.7. The molecule has 2 atom stereocenters. The molecule has 1 amide bonds. The van der Waals surface area contributed by atoms with Crippen LogP contribution in [-0.4, -0.2) is 77.6 Å². The van der Waals surface area contributed by atoms with Crippen LogP contribution in [0.1, 0.15) is 51.9 Å². The number of halogens is 3. The van der Waals surface area contributed by atoms with E-state index in [1.807, 2.05) is 27.7 Å². The number of aliphatic hydroxyl groups is 1. The molecule has 4 aromatic rings. The molecule has 42 heavy (non-hydrogen) atoms. The summed E-state index contributed by atoms with van der Waals surface area (Å²) in [6, 6.07) is 4.40. The van der Waals surface area contributed by atoms with E-state index in [4.69, 9.17) is 21.1 Å². The Hall–Kier alpha value is -3.84. The number of nitrogens with zero attached hydrogens (tertiary/aromatic N) is 6. The van der Waals surface area contributed by atoms with Crippen molar-refractivity contribution in [3.05, 3.63) is 59.0 Å². The summed E-state index contributed by atoms with van der Waals surface area (Å²) >= 11 is 6.26. The average Bonchev–Trinajstić information content (AvgIpc) is 3.52. The fourth-order valence-electron chi connectivity index (χ4n) is 4.25. The SMILES string of the molecule is CC(C)(C)OC(=O)N1CCCC(F)C1.Cc1n[nH]nc1-c1cc(OCC(C)(O)c2ccc(F)cn2)c2c(Cl)cnn2c1. The number of H-pyrrole nitrogens is 1. The number of aromatic amines is 1. The van der Waals surface area contributed by atoms with Crippen molar-refractivity contribution in [1.82, 2.24) is 34.9 Å². The molecule has 2 N–H and O–H groups in total. The van der Waals surface area contributed by atoms with Crippen LogP contribution >= 0.6 is 11.6 Å². The molecular formula is C28H34ClF2N7O4. The van der Waals surface area contributed by atoms with Crippen molar-refractivity contribution in [1.29, 1.82) is 0 Å². The predicted molar refractivity (Wildman–Crippen MR) is 152 cm³/mol. The summed E-state index contributed by atoms with van der Waals surface area (Å²) in [6.45, 7) is 9.43. The third kappa shape index (κ3) is 7.71. The van der Waals surface area contributed by atoms with Gasteiger partial charge in [-0.2, -0.15) is 20.5 Å². The van der Waals surface area contributed by atoms with Gasteiger partial charge >= 0.3 is 6.09 Å². The maximum Gasteiger partial charge on any atom is 0.410 e. The first-order valence-corrected chi connectivity index (χ1v) is 13.7. The van der Waals surface area contributed by atoms with E-state index < -0.39 is 29.3 Å². The van der Waals surface area contributed by atoms with Crippen molar-refractivity contribution < 1.29 is 28.2 Å². The lowest BCUT2D eigenvalue weighted by molar-refractivity contribution is 0.00419. The Bertz CT molecular complexity index is 1520. The number of rotatable bonds is 5. The van der Waals surface area contributed by atoms with Gasteiger partial charge in [0.1, 0.15) is 46.8 Å². The van der Waals surface area contributed by atoms with E-state index in [0.29, 0.717) is 46.2 Å². The van der Waals surface area contributed by atoms with Gasteiger partial charge in [-0.3, -0.25) is 4.98 Å². The highest BCUT2D eigenvalue weighted by atomic mass is 35.5. The van der Waals surface area contributed by atoms with E-state index in [1.165, 1.54) is 30.2 Å². The minimum absolute atomic E-state index is 0.135. The number of carbonyl (C=O) groups excluding carboxylic acids is 1. The number of alkyl halides is 1. The van der Waals surface area contributed by atoms with Gasteiger partial charge in [-0.05, 0) is 65.7 Å². The van der Waals surface area contributed by atoms with Crippen LogP contribution in [0.15, 0.2) is 36.8 Å². The Morgan fingerprint density at radius 3 is 2.62 bits per heavy atom. The van der Waals surface area contributed by atoms with E-state index in [0.717, 1.165) is 12.6 Å². The first-order chi connectivity index (χ1) is 19.7. The van der Waals surface area contributed by atoms with Gasteiger partial charge in [0.2, 0.25) is 0 Å². The van der Waals surface area contributed by atoms with Crippen molar-refractivity contribution in [2.45, 2.75) is 64.8 Å². The quantitative estimate of drug-likeness (QED) is 0.315. The Kier molecular flexibility index (Phi) is 9.31. The highest BCUT2D eigenvalue weighted by Gasteiger charge is 2.28. The van der Waals surface area contributed by atoms with Crippen LogP contribution < -0.4 is 4.74 Å². The van der Waals surface area contributed by atoms with Gasteiger partial charge in [0.15, 0.2) is 0 Å². The van der Waals surface area contributed by atoms with Gasteiger partial charge in [-0.1, -0.05) is 11.6 Å². The lowest BCUT2D eigenvalue weighted by Gasteiger charge is -2.31. The van der Waals surface area contributed by atoms with Crippen LogP contribution in [0.2, 0.25) is 5.02 Å². The molecule has 2 unspecified atom stereocenters. The van der Waals surface area contributed by atoms with Gasteiger partial charge in [-0.25, -0.2) is 18.1 Å². The van der Waals surface area contributed by atoms with E-state index in [9.17, 15) is 18.7 Å². The van der Waals surface area contributed by atoms with E-state index in [-0.39, 0.29) is 18.8 Å². The average molecular weight is 606 g/mol. The summed E-state index contributed by atoms with van der Waals surface area (Å²) in [6.07, 6.45) is 4.29. The second kappa shape index (κ2) is 12.6. The highest BCUT2D eigenvalue weighted by Crippen LogP contribution is 2.33. The Labute approximate surface area is 246 Å². The summed E-state index contributed by atoms with van der Waals surface area (Å²) in [7, 11) is 0. The molecule has 1 fully saturated rings. The second-order valence-electron chi connectivity index (χ2n) is 11.2. The van der Waals surface area contributed by atoms with Crippen LogP contribution in [0, 0.1) is 12.7 Å². The number of likely N-dealkylation sites (tertiary alicyclic amines) is 1. The summed E-state index contributed by atoms with van der Waals surface area (Å²) in [4.78, 5) is 16.9. The standard InChI is InChI=1S/C18H16ClFN6O2.C10H18FNO2/c1-10-16(24-25-23-10)11-5-14(17-13(19)7-22-26(17)8-11)28-9-18(2,27)15-4-3-12(20)6-21-15;1-10(2,3)14-9(13)12-6-4-5-8(11)7-12/h3-8,27H,9H2,1-2H3,(H,23,24,25);8H,4-7H2,1-3H3. The zero-order valence-electron chi connectivity index (χ0n) is 24.1. The number of ether oxygens (including phenoxy) is 2. The van der Waals surface area contributed by atoms with Gasteiger partial charge in [0.05, 0.1) is 35.3 Å². The fraction of sp³-hybridized carbons (Fsp3) is 0.464. The van der Waals surface area contributed by atoms with E-state index in [2.05, 4.69) is 25.5 Å². The number of hydrogen-bond acceptors (Lipinski definition) is 8. The van der Waals surface area contributed by atoms with Crippen molar-refractivity contribution in [3.8, 4) is 17.0 Å². The Morgan fingerprint density at radius 1 is 1.24 bits per heavy atom. The first kappa shape index (κ1) is 31.1. The molecule has 1 saturated heterocycles. The summed E-state index contributed by atoms with van der Waals surface area (Å²) in [5, 5.41) is 26.1. The molecule has 226 valence electrons. The van der Waals surface area contributed by atoms with Gasteiger partial charge in [0.25, 0.3) is 0 Å². The highest BCUT2D eigenvalue weighted by molar-refractivity contribution is 6.34. The zero-order valence-corrected chi connectivity index (χ0v) is 24.8. The van der Waals surface area contributed by atoms with Crippen molar-refractivity contribution >= 4 is 23.2 Å². The molecule has 0 bridgehead atoms. The Balaban J connectivity index is 0.000000244. The number of aryl methyl sites for hydroxylation is 1. The number of piperidine rings is 1. The minimum atomic E-state index is -1.45. The van der Waals surface area contributed by atoms with Gasteiger partial charge in [0, 0.05) is 18.3 Å². The molecular weight excluding hydrogens is 572 g/mol. The number of fused-ring (bicyclic) bond motifs is 1. The number of hydrogen-bond donors (Lipinski definition) is 2. The smallest absolute Gasteiger partial charge is 0.410 e. The molecule has 14 heteroatoms. The normalized spacial score (nSPS) is 16.9. The Morgan fingerprint density at radius 2 is 2.00 bits per heavy atom. The van der Waals surface area contributed by atoms with E-state index in [1.54, 1.807) is 16.8 Å².